The summed E-state index contributed by atoms with van der Waals surface area (Å²) in [5.74, 6) is -0.0582. The normalized spacial score (nSPS) is 12.7. The highest BCUT2D eigenvalue weighted by Gasteiger charge is 2.18. The van der Waals surface area contributed by atoms with Gasteiger partial charge < -0.3 is 20.3 Å². The highest BCUT2D eigenvalue weighted by atomic mass is 16.5. The molecule has 0 saturated heterocycles. The van der Waals surface area contributed by atoms with Crippen LogP contribution in [-0.2, 0) is 14.3 Å². The van der Waals surface area contributed by atoms with Gasteiger partial charge in [0.15, 0.2) is 0 Å². The van der Waals surface area contributed by atoms with E-state index in [1.807, 2.05) is 6.08 Å². The molecule has 3 N–H and O–H groups in total. The van der Waals surface area contributed by atoms with E-state index in [-0.39, 0.29) is 18.5 Å². The second kappa shape index (κ2) is 72.6. The van der Waals surface area contributed by atoms with Gasteiger partial charge in [0.1, 0.15) is 0 Å². The van der Waals surface area contributed by atoms with Crippen molar-refractivity contribution in [3.05, 3.63) is 36.5 Å². The fourth-order valence-corrected chi connectivity index (χ4v) is 11.9. The van der Waals surface area contributed by atoms with E-state index in [1.54, 1.807) is 6.08 Å². The minimum absolute atomic E-state index is 0.00726. The van der Waals surface area contributed by atoms with Crippen molar-refractivity contribution in [3.63, 3.8) is 0 Å². The maximum atomic E-state index is 12.5. The first-order valence-corrected chi connectivity index (χ1v) is 37.8. The number of allylic oxidation sites excluding steroid dienone is 5. The summed E-state index contributed by atoms with van der Waals surface area (Å²) in [5.41, 5.74) is 0. The van der Waals surface area contributed by atoms with E-state index in [0.717, 1.165) is 44.9 Å². The Balaban J connectivity index is 3.42. The molecular formula is C77H147NO5. The Labute approximate surface area is 519 Å². The predicted molar refractivity (Wildman–Crippen MR) is 366 cm³/mol. The molecule has 0 spiro atoms. The van der Waals surface area contributed by atoms with E-state index in [1.165, 1.54) is 347 Å². The van der Waals surface area contributed by atoms with Crippen LogP contribution in [0, 0.1) is 0 Å². The van der Waals surface area contributed by atoms with Gasteiger partial charge >= 0.3 is 5.97 Å². The van der Waals surface area contributed by atoms with Crippen LogP contribution in [0.5, 0.6) is 0 Å². The van der Waals surface area contributed by atoms with Crippen LogP contribution in [0.25, 0.3) is 0 Å². The topological polar surface area (TPSA) is 95.9 Å². The van der Waals surface area contributed by atoms with Crippen LogP contribution in [0.1, 0.15) is 418 Å². The monoisotopic (exact) mass is 1170 g/mol. The van der Waals surface area contributed by atoms with Crippen LogP contribution < -0.4 is 5.32 Å². The number of hydrogen-bond acceptors (Lipinski definition) is 5. The molecule has 2 unspecified atom stereocenters. The molecule has 0 aliphatic rings. The van der Waals surface area contributed by atoms with Gasteiger partial charge in [0.05, 0.1) is 25.4 Å². The highest BCUT2D eigenvalue weighted by molar-refractivity contribution is 5.76. The van der Waals surface area contributed by atoms with E-state index in [2.05, 4.69) is 43.5 Å². The molecule has 0 rings (SSSR count). The SMILES string of the molecule is CCCCCCCCC/C=C\CCCCCCCC(=O)OCCCCCCCCCCCCCC/C=C\CCCCCCCCCCCCC(=O)NC(CO)C(O)/C=C/CCCCCCCCCCCCCCCCCCCCCCCC. The average Bonchev–Trinajstić information content (AvgIpc) is 3.49. The second-order valence-electron chi connectivity index (χ2n) is 26.0. The molecule has 6 heteroatoms. The van der Waals surface area contributed by atoms with Gasteiger partial charge in [-0.05, 0) is 83.5 Å². The zero-order chi connectivity index (χ0) is 59.9. The lowest BCUT2D eigenvalue weighted by molar-refractivity contribution is -0.143. The van der Waals surface area contributed by atoms with E-state index in [4.69, 9.17) is 4.74 Å². The number of hydrogen-bond donors (Lipinski definition) is 3. The van der Waals surface area contributed by atoms with Crippen LogP contribution in [0.15, 0.2) is 36.5 Å². The number of aliphatic hydroxyl groups excluding tert-OH is 2. The maximum absolute atomic E-state index is 12.5. The van der Waals surface area contributed by atoms with Gasteiger partial charge in [0, 0.05) is 12.8 Å². The Bertz CT molecular complexity index is 1340. The van der Waals surface area contributed by atoms with Crippen molar-refractivity contribution in [2.75, 3.05) is 13.2 Å². The van der Waals surface area contributed by atoms with Crippen LogP contribution in [0.3, 0.4) is 0 Å². The van der Waals surface area contributed by atoms with Crippen molar-refractivity contribution in [2.24, 2.45) is 0 Å². The Morgan fingerprint density at radius 3 is 0.855 bits per heavy atom. The van der Waals surface area contributed by atoms with Gasteiger partial charge in [0.2, 0.25) is 5.91 Å². The predicted octanol–water partition coefficient (Wildman–Crippen LogP) is 24.7. The minimum Gasteiger partial charge on any atom is -0.466 e. The quantitative estimate of drug-likeness (QED) is 0.0320. The van der Waals surface area contributed by atoms with Crippen molar-refractivity contribution in [2.45, 2.75) is 431 Å². The summed E-state index contributed by atoms with van der Waals surface area (Å²) in [6.07, 6.45) is 93.8. The molecule has 83 heavy (non-hydrogen) atoms. The third kappa shape index (κ3) is 69.1. The Morgan fingerprint density at radius 2 is 0.566 bits per heavy atom. The van der Waals surface area contributed by atoms with Crippen molar-refractivity contribution in [1.82, 2.24) is 5.32 Å². The summed E-state index contributed by atoms with van der Waals surface area (Å²) in [6.45, 7) is 4.94. The summed E-state index contributed by atoms with van der Waals surface area (Å²) in [5, 5.41) is 23.3. The van der Waals surface area contributed by atoms with Gasteiger partial charge in [0.25, 0.3) is 0 Å². The molecule has 0 saturated carbocycles. The van der Waals surface area contributed by atoms with E-state index in [9.17, 15) is 19.8 Å². The van der Waals surface area contributed by atoms with Crippen LogP contribution >= 0.6 is 0 Å². The Hall–Kier alpha value is -1.92. The smallest absolute Gasteiger partial charge is 0.305 e. The Kier molecular flexibility index (Phi) is 70.9. The first-order chi connectivity index (χ1) is 41.0. The molecule has 490 valence electrons. The molecule has 0 bridgehead atoms. The molecule has 1 amide bonds. The summed E-state index contributed by atoms with van der Waals surface area (Å²) in [7, 11) is 0. The van der Waals surface area contributed by atoms with E-state index >= 15 is 0 Å². The third-order valence-electron chi connectivity index (χ3n) is 17.6. The molecular weight excluding hydrogens is 1020 g/mol. The van der Waals surface area contributed by atoms with Crippen molar-refractivity contribution >= 4 is 11.9 Å². The molecule has 0 heterocycles. The zero-order valence-corrected chi connectivity index (χ0v) is 56.2. The molecule has 0 aliphatic heterocycles. The summed E-state index contributed by atoms with van der Waals surface area (Å²) >= 11 is 0. The largest absolute Gasteiger partial charge is 0.466 e. The van der Waals surface area contributed by atoms with Gasteiger partial charge in [-0.1, -0.05) is 359 Å². The molecule has 0 fully saturated rings. The lowest BCUT2D eigenvalue weighted by Crippen LogP contribution is -2.45. The zero-order valence-electron chi connectivity index (χ0n) is 56.2. The average molecular weight is 1170 g/mol. The van der Waals surface area contributed by atoms with Crippen LogP contribution in [0.2, 0.25) is 0 Å². The number of aliphatic hydroxyl groups is 2. The number of nitrogens with one attached hydrogen (secondary N) is 1. The number of carbonyl (C=O) groups excluding carboxylic acids is 2. The molecule has 0 radical (unpaired) electrons. The summed E-state index contributed by atoms with van der Waals surface area (Å²) in [4.78, 5) is 24.6. The molecule has 0 aromatic rings. The number of amides is 1. The van der Waals surface area contributed by atoms with Crippen molar-refractivity contribution < 1.29 is 24.5 Å². The molecule has 6 nitrogen and oxygen atoms in total. The van der Waals surface area contributed by atoms with Gasteiger partial charge in [-0.25, -0.2) is 0 Å². The minimum atomic E-state index is -0.848. The number of esters is 1. The molecule has 2 atom stereocenters. The summed E-state index contributed by atoms with van der Waals surface area (Å²) < 4.78 is 5.50. The third-order valence-corrected chi connectivity index (χ3v) is 17.6. The second-order valence-corrected chi connectivity index (χ2v) is 26.0. The lowest BCUT2D eigenvalue weighted by Gasteiger charge is -2.20. The lowest BCUT2D eigenvalue weighted by atomic mass is 10.0. The van der Waals surface area contributed by atoms with Gasteiger partial charge in [-0.3, -0.25) is 9.59 Å². The fourth-order valence-electron chi connectivity index (χ4n) is 11.9. The van der Waals surface area contributed by atoms with Crippen molar-refractivity contribution in [1.29, 1.82) is 0 Å². The number of unbranched alkanes of at least 4 members (excludes halogenated alkanes) is 56. The number of carbonyl (C=O) groups is 2. The number of ether oxygens (including phenoxy) is 1. The highest BCUT2D eigenvalue weighted by Crippen LogP contribution is 2.19. The first-order valence-electron chi connectivity index (χ1n) is 37.8. The Morgan fingerprint density at radius 1 is 0.325 bits per heavy atom. The fraction of sp³-hybridized carbons (Fsp3) is 0.896. The number of rotatable bonds is 71. The molecule has 0 aromatic heterocycles. The maximum Gasteiger partial charge on any atom is 0.305 e. The van der Waals surface area contributed by atoms with E-state index in [0.29, 0.717) is 19.4 Å². The van der Waals surface area contributed by atoms with Gasteiger partial charge in [-0.2, -0.15) is 0 Å². The van der Waals surface area contributed by atoms with Crippen LogP contribution in [0.4, 0.5) is 0 Å². The molecule has 0 aromatic carbocycles. The van der Waals surface area contributed by atoms with Gasteiger partial charge in [-0.15, -0.1) is 0 Å². The standard InChI is InChI=1S/C77H147NO5/c1-3-5-7-9-11-13-15-17-19-21-22-23-24-29-32-35-38-41-45-49-53-57-61-65-69-75(80)74(73-79)78-76(81)70-66-62-58-54-50-46-42-39-36-33-30-27-25-26-28-31-34-37-40-44-48-52-56-60-64-68-72-83-77(82)71-67-63-59-55-51-47-43-20-18-16-14-12-10-8-6-4-2/h20,25,27,43,65,69,74-75,79-80H,3-19,21-24,26,28-42,44-64,66-68,70-73H2,1-2H3,(H,78,81)/b27-25-,43-20-,69-65+. The first kappa shape index (κ1) is 81.1. The van der Waals surface area contributed by atoms with E-state index < -0.39 is 12.1 Å². The van der Waals surface area contributed by atoms with Crippen molar-refractivity contribution in [3.8, 4) is 0 Å². The molecule has 0 aliphatic carbocycles. The summed E-state index contributed by atoms with van der Waals surface area (Å²) in [6, 6.07) is -0.631. The van der Waals surface area contributed by atoms with Crippen LogP contribution in [-0.4, -0.2) is 47.4 Å².